The molecule has 2 rings (SSSR count). The maximum atomic E-state index is 13.3. The molecular weight excluding hydrogens is 255 g/mol. The van der Waals surface area contributed by atoms with Gasteiger partial charge in [-0.3, -0.25) is 4.90 Å². The largest absolute Gasteiger partial charge is 0.508 e. The smallest absolute Gasteiger partial charge is 0.123 e. The summed E-state index contributed by atoms with van der Waals surface area (Å²) in [6.07, 6.45) is 0. The van der Waals surface area contributed by atoms with Gasteiger partial charge in [0.1, 0.15) is 11.6 Å². The Balaban J connectivity index is 1.98. The molecule has 1 N–H and O–H groups in total. The van der Waals surface area contributed by atoms with Crippen LogP contribution in [0.5, 0.6) is 5.75 Å². The van der Waals surface area contributed by atoms with Gasteiger partial charge in [0.25, 0.3) is 0 Å². The number of phenolic OH excluding ortho intramolecular Hbond substituents is 1. The third-order valence-electron chi connectivity index (χ3n) is 4.02. The molecular formula is C16H25FN2O. The Kier molecular flexibility index (Phi) is 5.00. The number of benzene rings is 1. The standard InChI is InChI=1S/C16H25FN2O/c1-12(2)11-18-6-8-19(9-7-18)13(3)15-10-14(17)4-5-16(15)20/h4-5,10,12-13,20H,6-9,11H2,1-3H3. The lowest BCUT2D eigenvalue weighted by Crippen LogP contribution is -2.48. The molecule has 20 heavy (non-hydrogen) atoms. The second-order valence-corrected chi connectivity index (χ2v) is 6.11. The van der Waals surface area contributed by atoms with Gasteiger partial charge in [-0.25, -0.2) is 4.39 Å². The molecule has 1 unspecified atom stereocenters. The Hall–Kier alpha value is -1.13. The third kappa shape index (κ3) is 3.70. The first-order chi connectivity index (χ1) is 9.47. The summed E-state index contributed by atoms with van der Waals surface area (Å²) in [5.41, 5.74) is 0.683. The topological polar surface area (TPSA) is 26.7 Å². The fourth-order valence-electron chi connectivity index (χ4n) is 2.91. The Labute approximate surface area is 121 Å². The van der Waals surface area contributed by atoms with E-state index in [0.717, 1.165) is 32.7 Å². The van der Waals surface area contributed by atoms with E-state index in [1.54, 1.807) is 0 Å². The summed E-state index contributed by atoms with van der Waals surface area (Å²) in [5, 5.41) is 9.90. The molecule has 1 heterocycles. The zero-order valence-electron chi connectivity index (χ0n) is 12.6. The molecule has 0 aromatic heterocycles. The highest BCUT2D eigenvalue weighted by atomic mass is 19.1. The summed E-state index contributed by atoms with van der Waals surface area (Å²) in [7, 11) is 0. The van der Waals surface area contributed by atoms with Crippen LogP contribution in [-0.4, -0.2) is 47.6 Å². The first kappa shape index (κ1) is 15.3. The summed E-state index contributed by atoms with van der Waals surface area (Å²) < 4.78 is 13.3. The highest BCUT2D eigenvalue weighted by molar-refractivity contribution is 5.35. The van der Waals surface area contributed by atoms with Gasteiger partial charge in [0, 0.05) is 44.3 Å². The average molecular weight is 280 g/mol. The van der Waals surface area contributed by atoms with Crippen molar-refractivity contribution < 1.29 is 9.50 Å². The molecule has 4 heteroatoms. The molecule has 1 aliphatic rings. The molecule has 1 atom stereocenters. The first-order valence-electron chi connectivity index (χ1n) is 7.42. The number of nitrogens with zero attached hydrogens (tertiary/aromatic N) is 2. The SMILES string of the molecule is CC(C)CN1CCN(C(C)c2cc(F)ccc2O)CC1. The molecule has 1 aromatic carbocycles. The summed E-state index contributed by atoms with van der Waals surface area (Å²) in [4.78, 5) is 4.78. The van der Waals surface area contributed by atoms with E-state index in [-0.39, 0.29) is 17.6 Å². The van der Waals surface area contributed by atoms with Gasteiger partial charge in [-0.15, -0.1) is 0 Å². The second kappa shape index (κ2) is 6.55. The summed E-state index contributed by atoms with van der Waals surface area (Å²) >= 11 is 0. The van der Waals surface area contributed by atoms with Crippen molar-refractivity contribution in [3.8, 4) is 5.75 Å². The van der Waals surface area contributed by atoms with E-state index < -0.39 is 0 Å². The van der Waals surface area contributed by atoms with Gasteiger partial charge in [-0.05, 0) is 31.0 Å². The quantitative estimate of drug-likeness (QED) is 0.918. The van der Waals surface area contributed by atoms with Crippen molar-refractivity contribution >= 4 is 0 Å². The van der Waals surface area contributed by atoms with E-state index in [2.05, 4.69) is 23.6 Å². The molecule has 1 aliphatic heterocycles. The number of piperazine rings is 1. The molecule has 1 aromatic rings. The fraction of sp³-hybridized carbons (Fsp3) is 0.625. The number of rotatable bonds is 4. The Morgan fingerprint density at radius 1 is 1.15 bits per heavy atom. The van der Waals surface area contributed by atoms with Crippen LogP contribution in [0.15, 0.2) is 18.2 Å². The number of aromatic hydroxyl groups is 1. The predicted octanol–water partition coefficient (Wildman–Crippen LogP) is 2.87. The van der Waals surface area contributed by atoms with E-state index in [9.17, 15) is 9.50 Å². The monoisotopic (exact) mass is 280 g/mol. The Morgan fingerprint density at radius 2 is 1.80 bits per heavy atom. The number of hydrogen-bond donors (Lipinski definition) is 1. The van der Waals surface area contributed by atoms with Gasteiger partial charge >= 0.3 is 0 Å². The number of halogens is 1. The van der Waals surface area contributed by atoms with Crippen LogP contribution in [0.4, 0.5) is 4.39 Å². The number of phenols is 1. The lowest BCUT2D eigenvalue weighted by Gasteiger charge is -2.38. The van der Waals surface area contributed by atoms with Crippen LogP contribution in [-0.2, 0) is 0 Å². The van der Waals surface area contributed by atoms with Crippen molar-refractivity contribution in [2.75, 3.05) is 32.7 Å². The van der Waals surface area contributed by atoms with Crippen LogP contribution in [0.1, 0.15) is 32.4 Å². The Bertz CT molecular complexity index is 442. The van der Waals surface area contributed by atoms with Gasteiger partial charge in [0.05, 0.1) is 0 Å². The van der Waals surface area contributed by atoms with E-state index >= 15 is 0 Å². The number of hydrogen-bond acceptors (Lipinski definition) is 3. The van der Waals surface area contributed by atoms with Crippen molar-refractivity contribution in [3.63, 3.8) is 0 Å². The van der Waals surface area contributed by atoms with Crippen LogP contribution in [0.25, 0.3) is 0 Å². The van der Waals surface area contributed by atoms with E-state index in [1.807, 2.05) is 6.92 Å². The highest BCUT2D eigenvalue weighted by Gasteiger charge is 2.24. The molecule has 0 bridgehead atoms. The second-order valence-electron chi connectivity index (χ2n) is 6.11. The van der Waals surface area contributed by atoms with Gasteiger partial charge in [-0.1, -0.05) is 13.8 Å². The Morgan fingerprint density at radius 3 is 2.40 bits per heavy atom. The van der Waals surface area contributed by atoms with Crippen LogP contribution in [0.3, 0.4) is 0 Å². The van der Waals surface area contributed by atoms with Gasteiger partial charge in [0.15, 0.2) is 0 Å². The van der Waals surface area contributed by atoms with E-state index in [0.29, 0.717) is 11.5 Å². The minimum atomic E-state index is -0.289. The first-order valence-corrected chi connectivity index (χ1v) is 7.42. The summed E-state index contributed by atoms with van der Waals surface area (Å²) in [5.74, 6) is 0.581. The normalized spacial score (nSPS) is 19.4. The molecule has 0 amide bonds. The molecule has 3 nitrogen and oxygen atoms in total. The van der Waals surface area contributed by atoms with Crippen molar-refractivity contribution in [2.45, 2.75) is 26.8 Å². The van der Waals surface area contributed by atoms with Gasteiger partial charge in [-0.2, -0.15) is 0 Å². The van der Waals surface area contributed by atoms with Crippen LogP contribution < -0.4 is 0 Å². The molecule has 0 aliphatic carbocycles. The van der Waals surface area contributed by atoms with Gasteiger partial charge < -0.3 is 10.0 Å². The highest BCUT2D eigenvalue weighted by Crippen LogP contribution is 2.29. The summed E-state index contributed by atoms with van der Waals surface area (Å²) in [6.45, 7) is 11.6. The predicted molar refractivity (Wildman–Crippen MR) is 79.3 cm³/mol. The minimum Gasteiger partial charge on any atom is -0.508 e. The molecule has 0 radical (unpaired) electrons. The average Bonchev–Trinajstić information content (AvgIpc) is 2.41. The van der Waals surface area contributed by atoms with Gasteiger partial charge in [0.2, 0.25) is 0 Å². The minimum absolute atomic E-state index is 0.0481. The maximum absolute atomic E-state index is 13.3. The molecule has 112 valence electrons. The van der Waals surface area contributed by atoms with Crippen LogP contribution in [0.2, 0.25) is 0 Å². The van der Waals surface area contributed by atoms with Crippen LogP contribution >= 0.6 is 0 Å². The third-order valence-corrected chi connectivity index (χ3v) is 4.02. The van der Waals surface area contributed by atoms with Crippen molar-refractivity contribution in [2.24, 2.45) is 5.92 Å². The van der Waals surface area contributed by atoms with E-state index in [1.165, 1.54) is 18.2 Å². The lowest BCUT2D eigenvalue weighted by atomic mass is 10.0. The molecule has 1 saturated heterocycles. The van der Waals surface area contributed by atoms with Crippen LogP contribution in [0, 0.1) is 11.7 Å². The molecule has 1 fully saturated rings. The summed E-state index contributed by atoms with van der Waals surface area (Å²) in [6, 6.07) is 4.23. The zero-order chi connectivity index (χ0) is 14.7. The fourth-order valence-corrected chi connectivity index (χ4v) is 2.91. The maximum Gasteiger partial charge on any atom is 0.123 e. The van der Waals surface area contributed by atoms with Crippen molar-refractivity contribution in [3.05, 3.63) is 29.6 Å². The zero-order valence-corrected chi connectivity index (χ0v) is 12.6. The van der Waals surface area contributed by atoms with E-state index in [4.69, 9.17) is 0 Å². The molecule has 0 saturated carbocycles. The van der Waals surface area contributed by atoms with Crippen molar-refractivity contribution in [1.29, 1.82) is 0 Å². The molecule has 0 spiro atoms. The lowest BCUT2D eigenvalue weighted by molar-refractivity contribution is 0.0937. The van der Waals surface area contributed by atoms with Crippen molar-refractivity contribution in [1.82, 2.24) is 9.80 Å².